The van der Waals surface area contributed by atoms with Crippen LogP contribution in [0.4, 0.5) is 0 Å². The molecule has 0 fully saturated rings. The number of hydrogen-bond donors (Lipinski definition) is 0. The fourth-order valence-electron chi connectivity index (χ4n) is 2.92. The van der Waals surface area contributed by atoms with E-state index in [-0.39, 0.29) is 0 Å². The van der Waals surface area contributed by atoms with Crippen molar-refractivity contribution >= 4 is 11.3 Å². The summed E-state index contributed by atoms with van der Waals surface area (Å²) in [5.41, 5.74) is 6.16. The molecule has 3 heteroatoms. The van der Waals surface area contributed by atoms with Gasteiger partial charge in [0.15, 0.2) is 0 Å². The average molecular weight is 433 g/mol. The van der Waals surface area contributed by atoms with Crippen LogP contribution in [0.1, 0.15) is 85.8 Å². The van der Waals surface area contributed by atoms with Gasteiger partial charge in [0.2, 0.25) is 0 Å². The Morgan fingerprint density at radius 1 is 1.06 bits per heavy atom. The quantitative estimate of drug-likeness (QED) is 0.200. The van der Waals surface area contributed by atoms with Gasteiger partial charge in [-0.1, -0.05) is 57.1 Å². The highest BCUT2D eigenvalue weighted by atomic mass is 16.5. The monoisotopic (exact) mass is 432 g/mol. The van der Waals surface area contributed by atoms with E-state index in [1.165, 1.54) is 11.1 Å². The lowest BCUT2D eigenvalue weighted by Gasteiger charge is -2.14. The molecule has 0 aliphatic heterocycles. The second-order valence-electron chi connectivity index (χ2n) is 8.80. The number of nitriles is 1. The molecule has 0 aliphatic rings. The maximum absolute atomic E-state index is 9.44. The molecule has 1 aromatic carbocycles. The van der Waals surface area contributed by atoms with Crippen LogP contribution in [-0.2, 0) is 0 Å². The van der Waals surface area contributed by atoms with Crippen LogP contribution >= 0.6 is 0 Å². The van der Waals surface area contributed by atoms with E-state index in [4.69, 9.17) is 9.73 Å². The number of aliphatic imine (C=N–C) groups is 1. The standard InChI is InChI=1S/C29H40N2O/c1-9-23(7)17-26(13-11-21(3)4)28-14-12-25(20-30)19-29(28)32-24(8)18-27(10-2)31-16-15-22(5)6/h11-14,17-19,22H,9-10,15-16H2,1-8H3/b23-17+,24-18+,26-13+,31-27?. The Kier molecular flexibility index (Phi) is 12.1. The molecule has 0 saturated carbocycles. The maximum Gasteiger partial charge on any atom is 0.136 e. The molecule has 0 atom stereocenters. The highest BCUT2D eigenvalue weighted by Crippen LogP contribution is 2.31. The molecule has 0 saturated heterocycles. The molecule has 0 unspecified atom stereocenters. The van der Waals surface area contributed by atoms with Crippen molar-refractivity contribution in [3.8, 4) is 11.8 Å². The minimum atomic E-state index is 0.579. The van der Waals surface area contributed by atoms with E-state index in [9.17, 15) is 5.26 Å². The summed E-state index contributed by atoms with van der Waals surface area (Å²) in [5, 5.41) is 9.44. The van der Waals surface area contributed by atoms with Gasteiger partial charge < -0.3 is 4.74 Å². The first-order chi connectivity index (χ1) is 15.2. The van der Waals surface area contributed by atoms with Gasteiger partial charge in [-0.15, -0.1) is 0 Å². The van der Waals surface area contributed by atoms with E-state index in [0.29, 0.717) is 17.2 Å². The first kappa shape index (κ1) is 27.2. The molecule has 1 rings (SSSR count). The Bertz CT molecular complexity index is 946. The van der Waals surface area contributed by atoms with Gasteiger partial charge in [-0.3, -0.25) is 4.99 Å². The molecule has 0 spiro atoms. The van der Waals surface area contributed by atoms with Crippen molar-refractivity contribution < 1.29 is 4.74 Å². The summed E-state index contributed by atoms with van der Waals surface area (Å²) in [6, 6.07) is 7.87. The normalized spacial score (nSPS) is 13.2. The van der Waals surface area contributed by atoms with Crippen molar-refractivity contribution in [3.05, 3.63) is 70.5 Å². The van der Waals surface area contributed by atoms with Crippen molar-refractivity contribution in [3.63, 3.8) is 0 Å². The van der Waals surface area contributed by atoms with E-state index in [0.717, 1.165) is 48.4 Å². The Hall–Kier alpha value is -2.86. The summed E-state index contributed by atoms with van der Waals surface area (Å²) < 4.78 is 6.29. The second-order valence-corrected chi connectivity index (χ2v) is 8.80. The molecular weight excluding hydrogens is 392 g/mol. The van der Waals surface area contributed by atoms with Crippen molar-refractivity contribution in [2.45, 2.75) is 74.7 Å². The molecule has 1 aromatic rings. The van der Waals surface area contributed by atoms with E-state index in [1.807, 2.05) is 31.2 Å². The van der Waals surface area contributed by atoms with Crippen LogP contribution in [-0.4, -0.2) is 12.3 Å². The second kappa shape index (κ2) is 14.2. The predicted molar refractivity (Wildman–Crippen MR) is 139 cm³/mol. The lowest BCUT2D eigenvalue weighted by molar-refractivity contribution is 0.427. The number of hydrogen-bond acceptors (Lipinski definition) is 3. The number of benzene rings is 1. The van der Waals surface area contributed by atoms with Gasteiger partial charge in [0.1, 0.15) is 11.5 Å². The van der Waals surface area contributed by atoms with E-state index in [2.05, 4.69) is 72.8 Å². The van der Waals surface area contributed by atoms with Gasteiger partial charge in [-0.25, -0.2) is 0 Å². The highest BCUT2D eigenvalue weighted by molar-refractivity contribution is 5.95. The van der Waals surface area contributed by atoms with Crippen LogP contribution in [0.25, 0.3) is 5.57 Å². The Morgan fingerprint density at radius 2 is 1.78 bits per heavy atom. The third-order valence-corrected chi connectivity index (χ3v) is 5.00. The van der Waals surface area contributed by atoms with Crippen LogP contribution in [0.15, 0.2) is 64.4 Å². The van der Waals surface area contributed by atoms with Gasteiger partial charge in [-0.2, -0.15) is 5.26 Å². The largest absolute Gasteiger partial charge is 0.461 e. The number of ether oxygens (including phenoxy) is 1. The molecule has 0 radical (unpaired) electrons. The summed E-state index contributed by atoms with van der Waals surface area (Å²) >= 11 is 0. The molecule has 0 heterocycles. The zero-order chi connectivity index (χ0) is 24.1. The topological polar surface area (TPSA) is 45.4 Å². The van der Waals surface area contributed by atoms with Gasteiger partial charge in [0.25, 0.3) is 0 Å². The third-order valence-electron chi connectivity index (χ3n) is 5.00. The van der Waals surface area contributed by atoms with Gasteiger partial charge in [0, 0.05) is 17.8 Å². The highest BCUT2D eigenvalue weighted by Gasteiger charge is 2.11. The van der Waals surface area contributed by atoms with E-state index < -0.39 is 0 Å². The number of allylic oxidation sites excluding steroid dienone is 8. The fourth-order valence-corrected chi connectivity index (χ4v) is 2.92. The summed E-state index contributed by atoms with van der Waals surface area (Å²) in [5.74, 6) is 2.09. The Labute approximate surface area is 195 Å². The SMILES string of the molecule is CCC(/C=C(\C)Oc1cc(C#N)ccc1C(/C=C(\C)CC)=C/C=C(C)C)=NCCC(C)C. The van der Waals surface area contributed by atoms with E-state index >= 15 is 0 Å². The fraction of sp³-hybridized carbons (Fsp3) is 0.448. The van der Waals surface area contributed by atoms with Crippen LogP contribution in [0.3, 0.4) is 0 Å². The molecule has 32 heavy (non-hydrogen) atoms. The first-order valence-electron chi connectivity index (χ1n) is 11.7. The van der Waals surface area contributed by atoms with Gasteiger partial charge in [-0.05, 0) is 82.7 Å². The van der Waals surface area contributed by atoms with Crippen molar-refractivity contribution in [1.82, 2.24) is 0 Å². The Morgan fingerprint density at radius 3 is 2.34 bits per heavy atom. The number of rotatable bonds is 11. The van der Waals surface area contributed by atoms with Crippen molar-refractivity contribution in [2.75, 3.05) is 6.54 Å². The first-order valence-corrected chi connectivity index (χ1v) is 11.7. The van der Waals surface area contributed by atoms with Gasteiger partial charge in [0.05, 0.1) is 11.6 Å². The molecule has 0 N–H and O–H groups in total. The maximum atomic E-state index is 9.44. The summed E-state index contributed by atoms with van der Waals surface area (Å²) in [4.78, 5) is 4.73. The molecule has 0 bridgehead atoms. The average Bonchev–Trinajstić information content (AvgIpc) is 2.75. The minimum Gasteiger partial charge on any atom is -0.461 e. The predicted octanol–water partition coefficient (Wildman–Crippen LogP) is 8.44. The van der Waals surface area contributed by atoms with Crippen LogP contribution in [0, 0.1) is 17.2 Å². The molecule has 0 amide bonds. The summed E-state index contributed by atoms with van der Waals surface area (Å²) in [7, 11) is 0. The molecular formula is C29H40N2O. The minimum absolute atomic E-state index is 0.579. The van der Waals surface area contributed by atoms with Crippen LogP contribution < -0.4 is 4.74 Å². The van der Waals surface area contributed by atoms with Crippen LogP contribution in [0.2, 0.25) is 0 Å². The third kappa shape index (κ3) is 9.96. The van der Waals surface area contributed by atoms with Crippen molar-refractivity contribution in [2.24, 2.45) is 10.9 Å². The smallest absolute Gasteiger partial charge is 0.136 e. The zero-order valence-electron chi connectivity index (χ0n) is 21.2. The Balaban J connectivity index is 3.41. The number of nitrogens with zero attached hydrogens (tertiary/aromatic N) is 2. The van der Waals surface area contributed by atoms with Gasteiger partial charge >= 0.3 is 0 Å². The lowest BCUT2D eigenvalue weighted by atomic mass is 9.99. The molecule has 3 nitrogen and oxygen atoms in total. The summed E-state index contributed by atoms with van der Waals surface area (Å²) in [6.45, 7) is 17.8. The molecule has 172 valence electrons. The zero-order valence-corrected chi connectivity index (χ0v) is 21.2. The van der Waals surface area contributed by atoms with Crippen LogP contribution in [0.5, 0.6) is 5.75 Å². The summed E-state index contributed by atoms with van der Waals surface area (Å²) in [6.07, 6.45) is 11.3. The molecule has 0 aliphatic carbocycles. The van der Waals surface area contributed by atoms with Crippen molar-refractivity contribution in [1.29, 1.82) is 5.26 Å². The van der Waals surface area contributed by atoms with E-state index in [1.54, 1.807) is 0 Å². The lowest BCUT2D eigenvalue weighted by Crippen LogP contribution is -2.02. The molecule has 0 aromatic heterocycles.